The van der Waals surface area contributed by atoms with Crippen molar-refractivity contribution in [3.8, 4) is 0 Å². The Hall–Kier alpha value is -1.84. The largest absolute Gasteiger partial charge is 0.481 e. The van der Waals surface area contributed by atoms with Crippen LogP contribution in [0.15, 0.2) is 24.3 Å². The number of para-hydroxylation sites is 1. The second-order valence-electron chi connectivity index (χ2n) is 6.38. The van der Waals surface area contributed by atoms with E-state index in [-0.39, 0.29) is 17.7 Å². The van der Waals surface area contributed by atoms with E-state index in [9.17, 15) is 9.59 Å². The van der Waals surface area contributed by atoms with Crippen LogP contribution in [-0.2, 0) is 16.0 Å². The summed E-state index contributed by atoms with van der Waals surface area (Å²) in [6, 6.07) is 7.99. The molecule has 0 radical (unpaired) electrons. The number of amides is 1. The summed E-state index contributed by atoms with van der Waals surface area (Å²) >= 11 is 0. The number of benzene rings is 1. The minimum atomic E-state index is -0.786. The Bertz CT molecular complexity index is 561. The van der Waals surface area contributed by atoms with Crippen LogP contribution in [0.25, 0.3) is 0 Å². The van der Waals surface area contributed by atoms with E-state index in [1.165, 1.54) is 5.56 Å². The molecular weight excluding hydrogens is 266 g/mol. The number of rotatable bonds is 4. The molecule has 4 nitrogen and oxygen atoms in total. The Balaban J connectivity index is 1.75. The fourth-order valence-electron chi connectivity index (χ4n) is 3.88. The molecule has 1 amide bonds. The molecule has 4 heteroatoms. The molecule has 1 heterocycles. The minimum absolute atomic E-state index is 0.0862. The van der Waals surface area contributed by atoms with Gasteiger partial charge in [0.05, 0.1) is 6.42 Å². The van der Waals surface area contributed by atoms with Crippen molar-refractivity contribution >= 4 is 17.6 Å². The number of hydrogen-bond donors (Lipinski definition) is 1. The van der Waals surface area contributed by atoms with Crippen LogP contribution >= 0.6 is 0 Å². The van der Waals surface area contributed by atoms with Gasteiger partial charge in [-0.25, -0.2) is 0 Å². The highest BCUT2D eigenvalue weighted by atomic mass is 16.4. The van der Waals surface area contributed by atoms with Crippen LogP contribution in [0.2, 0.25) is 0 Å². The van der Waals surface area contributed by atoms with Crippen molar-refractivity contribution in [3.63, 3.8) is 0 Å². The zero-order chi connectivity index (χ0) is 14.9. The first kappa shape index (κ1) is 14.1. The third-order valence-corrected chi connectivity index (χ3v) is 4.90. The number of hydrogen-bond acceptors (Lipinski definition) is 2. The highest BCUT2D eigenvalue weighted by Crippen LogP contribution is 2.45. The van der Waals surface area contributed by atoms with Gasteiger partial charge in [-0.05, 0) is 36.3 Å². The molecule has 112 valence electrons. The summed E-state index contributed by atoms with van der Waals surface area (Å²) in [5.74, 6) is -0.699. The molecule has 0 bridgehead atoms. The molecule has 3 rings (SSSR count). The van der Waals surface area contributed by atoms with E-state index in [1.807, 2.05) is 23.1 Å². The highest BCUT2D eigenvalue weighted by Gasteiger charge is 2.39. The second kappa shape index (κ2) is 5.51. The smallest absolute Gasteiger partial charge is 0.303 e. The first-order valence-electron chi connectivity index (χ1n) is 7.70. The van der Waals surface area contributed by atoms with Gasteiger partial charge in [0.25, 0.3) is 0 Å². The lowest BCUT2D eigenvalue weighted by Crippen LogP contribution is -2.35. The third kappa shape index (κ3) is 2.80. The number of fused-ring (bicyclic) bond motifs is 1. The molecule has 0 unspecified atom stereocenters. The maximum atomic E-state index is 12.7. The molecule has 1 aliphatic heterocycles. The van der Waals surface area contributed by atoms with E-state index < -0.39 is 5.97 Å². The number of carboxylic acids is 1. The molecule has 1 saturated carbocycles. The summed E-state index contributed by atoms with van der Waals surface area (Å²) in [5, 5.41) is 9.15. The summed E-state index contributed by atoms with van der Waals surface area (Å²) in [5.41, 5.74) is 1.90. The van der Waals surface area contributed by atoms with Gasteiger partial charge in [-0.1, -0.05) is 31.0 Å². The lowest BCUT2D eigenvalue weighted by molar-refractivity contribution is -0.140. The van der Waals surface area contributed by atoms with Crippen LogP contribution < -0.4 is 4.90 Å². The fourth-order valence-corrected chi connectivity index (χ4v) is 3.88. The van der Waals surface area contributed by atoms with Crippen LogP contribution in [-0.4, -0.2) is 23.5 Å². The van der Waals surface area contributed by atoms with Crippen molar-refractivity contribution in [3.05, 3.63) is 29.8 Å². The van der Waals surface area contributed by atoms with Crippen molar-refractivity contribution in [1.29, 1.82) is 0 Å². The van der Waals surface area contributed by atoms with E-state index in [1.54, 1.807) is 0 Å². The van der Waals surface area contributed by atoms with Crippen molar-refractivity contribution < 1.29 is 14.7 Å². The van der Waals surface area contributed by atoms with Gasteiger partial charge in [0.1, 0.15) is 0 Å². The molecule has 0 spiro atoms. The van der Waals surface area contributed by atoms with Gasteiger partial charge in [0.15, 0.2) is 0 Å². The van der Waals surface area contributed by atoms with Crippen molar-refractivity contribution in [2.75, 3.05) is 11.4 Å². The van der Waals surface area contributed by atoms with Crippen molar-refractivity contribution in [2.45, 2.75) is 44.9 Å². The van der Waals surface area contributed by atoms with Gasteiger partial charge in [0.2, 0.25) is 5.91 Å². The normalized spacial score (nSPS) is 19.5. The predicted octanol–water partition coefficient (Wildman–Crippen LogP) is 3.00. The van der Waals surface area contributed by atoms with Crippen LogP contribution in [0.5, 0.6) is 0 Å². The van der Waals surface area contributed by atoms with Crippen LogP contribution in [0, 0.1) is 5.41 Å². The van der Waals surface area contributed by atoms with Gasteiger partial charge in [-0.2, -0.15) is 0 Å². The molecular formula is C17H21NO3. The quantitative estimate of drug-likeness (QED) is 0.926. The number of nitrogens with zero attached hydrogens (tertiary/aromatic N) is 1. The second-order valence-corrected chi connectivity index (χ2v) is 6.38. The first-order valence-corrected chi connectivity index (χ1v) is 7.70. The molecule has 1 aromatic carbocycles. The zero-order valence-corrected chi connectivity index (χ0v) is 12.2. The zero-order valence-electron chi connectivity index (χ0n) is 12.2. The van der Waals surface area contributed by atoms with Crippen LogP contribution in [0.4, 0.5) is 5.69 Å². The SMILES string of the molecule is O=C(O)CC1(CC(=O)N2CCc3ccccc32)CCCC1. The molecule has 1 fully saturated rings. The fraction of sp³-hybridized carbons (Fsp3) is 0.529. The summed E-state index contributed by atoms with van der Waals surface area (Å²) in [4.78, 5) is 25.7. The van der Waals surface area contributed by atoms with E-state index in [0.717, 1.165) is 44.3 Å². The summed E-state index contributed by atoms with van der Waals surface area (Å²) in [6.07, 6.45) is 5.19. The molecule has 0 saturated heterocycles. The van der Waals surface area contributed by atoms with Gasteiger partial charge in [0, 0.05) is 18.7 Å². The molecule has 2 aliphatic rings. The minimum Gasteiger partial charge on any atom is -0.481 e. The van der Waals surface area contributed by atoms with Crippen molar-refractivity contribution in [2.24, 2.45) is 5.41 Å². The number of carbonyl (C=O) groups excluding carboxylic acids is 1. The third-order valence-electron chi connectivity index (χ3n) is 4.90. The van der Waals surface area contributed by atoms with Gasteiger partial charge in [-0.15, -0.1) is 0 Å². The Morgan fingerprint density at radius 2 is 1.86 bits per heavy atom. The number of carbonyl (C=O) groups is 2. The summed E-state index contributed by atoms with van der Waals surface area (Å²) in [6.45, 7) is 0.724. The summed E-state index contributed by atoms with van der Waals surface area (Å²) < 4.78 is 0. The number of carboxylic acid groups (broad SMARTS) is 1. The lowest BCUT2D eigenvalue weighted by Gasteiger charge is -2.29. The monoisotopic (exact) mass is 287 g/mol. The molecule has 0 atom stereocenters. The Kier molecular flexibility index (Phi) is 3.70. The van der Waals surface area contributed by atoms with Crippen LogP contribution in [0.1, 0.15) is 44.1 Å². The number of anilines is 1. The Labute approximate surface area is 124 Å². The van der Waals surface area contributed by atoms with Gasteiger partial charge >= 0.3 is 5.97 Å². The molecule has 1 aliphatic carbocycles. The molecule has 0 aromatic heterocycles. The van der Waals surface area contributed by atoms with Crippen molar-refractivity contribution in [1.82, 2.24) is 0 Å². The standard InChI is InChI=1S/C17H21NO3/c19-15(11-17(12-16(20)21)8-3-4-9-17)18-10-7-13-5-1-2-6-14(13)18/h1-2,5-6H,3-4,7-12H2,(H,20,21). The topological polar surface area (TPSA) is 57.6 Å². The maximum Gasteiger partial charge on any atom is 0.303 e. The maximum absolute atomic E-state index is 12.7. The van der Waals surface area contributed by atoms with Gasteiger partial charge in [-0.3, -0.25) is 9.59 Å². The lowest BCUT2D eigenvalue weighted by atomic mass is 9.79. The van der Waals surface area contributed by atoms with E-state index in [0.29, 0.717) is 6.42 Å². The van der Waals surface area contributed by atoms with E-state index >= 15 is 0 Å². The average molecular weight is 287 g/mol. The predicted molar refractivity (Wildman–Crippen MR) is 80.3 cm³/mol. The molecule has 1 N–H and O–H groups in total. The molecule has 21 heavy (non-hydrogen) atoms. The van der Waals surface area contributed by atoms with E-state index in [2.05, 4.69) is 6.07 Å². The highest BCUT2D eigenvalue weighted by molar-refractivity contribution is 5.96. The first-order chi connectivity index (χ1) is 10.1. The average Bonchev–Trinajstić information content (AvgIpc) is 3.04. The Morgan fingerprint density at radius 3 is 2.57 bits per heavy atom. The van der Waals surface area contributed by atoms with Gasteiger partial charge < -0.3 is 10.0 Å². The Morgan fingerprint density at radius 1 is 1.14 bits per heavy atom. The van der Waals surface area contributed by atoms with Crippen LogP contribution in [0.3, 0.4) is 0 Å². The number of aliphatic carboxylic acids is 1. The van der Waals surface area contributed by atoms with E-state index in [4.69, 9.17) is 5.11 Å². The summed E-state index contributed by atoms with van der Waals surface area (Å²) in [7, 11) is 0. The molecule has 1 aromatic rings.